The van der Waals surface area contributed by atoms with Crippen LogP contribution in [0.2, 0.25) is 0 Å². The van der Waals surface area contributed by atoms with Crippen molar-refractivity contribution < 1.29 is 14.4 Å². The van der Waals surface area contributed by atoms with Crippen molar-refractivity contribution in [3.8, 4) is 11.5 Å². The number of hydrogen-bond acceptors (Lipinski definition) is 7. The minimum absolute atomic E-state index is 0.139. The summed E-state index contributed by atoms with van der Waals surface area (Å²) in [4.78, 5) is 18.1. The van der Waals surface area contributed by atoms with Gasteiger partial charge < -0.3 is 19.3 Å². The van der Waals surface area contributed by atoms with E-state index in [1.54, 1.807) is 20.3 Å². The van der Waals surface area contributed by atoms with Gasteiger partial charge in [-0.15, -0.1) is 0 Å². The van der Waals surface area contributed by atoms with Crippen LogP contribution in [0, 0.1) is 16.0 Å². The summed E-state index contributed by atoms with van der Waals surface area (Å²) in [5, 5.41) is 11.8. The summed E-state index contributed by atoms with van der Waals surface area (Å²) in [5.74, 6) is 2.76. The molecule has 32 heavy (non-hydrogen) atoms. The number of benzene rings is 2. The second-order valence-corrected chi connectivity index (χ2v) is 8.22. The third-order valence-electron chi connectivity index (χ3n) is 5.68. The fourth-order valence-corrected chi connectivity index (χ4v) is 4.14. The molecule has 8 nitrogen and oxygen atoms in total. The second-order valence-electron chi connectivity index (χ2n) is 8.22. The van der Waals surface area contributed by atoms with Gasteiger partial charge in [0.2, 0.25) is 0 Å². The fraction of sp³-hybridized carbons (Fsp3) is 0.458. The van der Waals surface area contributed by atoms with Crippen LogP contribution in [0.15, 0.2) is 36.4 Å². The van der Waals surface area contributed by atoms with Crippen LogP contribution < -0.4 is 19.3 Å². The number of hydrogen-bond donors (Lipinski definition) is 0. The Morgan fingerprint density at radius 1 is 1.00 bits per heavy atom. The minimum atomic E-state index is -0.291. The number of ether oxygens (including phenoxy) is 2. The molecule has 1 fully saturated rings. The van der Waals surface area contributed by atoms with Gasteiger partial charge in [-0.2, -0.15) is 0 Å². The molecule has 0 aliphatic carbocycles. The zero-order valence-electron chi connectivity index (χ0n) is 19.6. The Kier molecular flexibility index (Phi) is 7.80. The quantitative estimate of drug-likeness (QED) is 0.419. The SMILES string of the molecule is CCN(c1cc(OC)cc(OC)c1)c1ccc([N+](=O)[O-])c(N2CCN(C[C](C)C)CC2)c1. The molecule has 0 N–H and O–H groups in total. The standard InChI is InChI=1S/C24H33N4O4/c1-6-27(20-13-21(31-4)16-22(14-20)32-5)19-7-8-23(28(29)30)24(15-19)26-11-9-25(10-12-26)17-18(2)3/h7-8,13-16H,6,9-12,17H2,1-5H3. The first kappa shape index (κ1) is 23.7. The van der Waals surface area contributed by atoms with Crippen molar-refractivity contribution in [1.29, 1.82) is 0 Å². The molecule has 0 aromatic heterocycles. The van der Waals surface area contributed by atoms with E-state index in [9.17, 15) is 10.1 Å². The summed E-state index contributed by atoms with van der Waals surface area (Å²) in [6, 6.07) is 11.1. The van der Waals surface area contributed by atoms with E-state index in [-0.39, 0.29) is 10.6 Å². The number of nitro benzene ring substituents is 1. The van der Waals surface area contributed by atoms with Gasteiger partial charge in [-0.25, -0.2) is 0 Å². The van der Waals surface area contributed by atoms with E-state index in [1.807, 2.05) is 30.3 Å². The van der Waals surface area contributed by atoms with Crippen molar-refractivity contribution in [3.05, 3.63) is 52.4 Å². The molecule has 1 aliphatic heterocycles. The van der Waals surface area contributed by atoms with E-state index in [4.69, 9.17) is 9.47 Å². The average Bonchev–Trinajstić information content (AvgIpc) is 2.79. The Bertz CT molecular complexity index is 904. The molecule has 0 atom stereocenters. The van der Waals surface area contributed by atoms with Gasteiger partial charge in [0.1, 0.15) is 17.2 Å². The van der Waals surface area contributed by atoms with Gasteiger partial charge >= 0.3 is 0 Å². The third kappa shape index (κ3) is 5.43. The molecule has 0 bridgehead atoms. The van der Waals surface area contributed by atoms with Crippen molar-refractivity contribution in [3.63, 3.8) is 0 Å². The van der Waals surface area contributed by atoms with Crippen LogP contribution in [0.5, 0.6) is 11.5 Å². The Balaban J connectivity index is 1.94. The third-order valence-corrected chi connectivity index (χ3v) is 5.68. The Morgan fingerprint density at radius 2 is 1.62 bits per heavy atom. The highest BCUT2D eigenvalue weighted by Crippen LogP contribution is 2.38. The van der Waals surface area contributed by atoms with Crippen LogP contribution in [-0.2, 0) is 0 Å². The van der Waals surface area contributed by atoms with Gasteiger partial charge in [-0.3, -0.25) is 15.0 Å². The highest BCUT2D eigenvalue weighted by molar-refractivity contribution is 5.75. The van der Waals surface area contributed by atoms with E-state index in [1.165, 1.54) is 5.92 Å². The van der Waals surface area contributed by atoms with Crippen LogP contribution in [0.1, 0.15) is 20.8 Å². The van der Waals surface area contributed by atoms with Crippen molar-refractivity contribution in [2.75, 3.05) is 63.3 Å². The first-order valence-electron chi connectivity index (χ1n) is 10.9. The monoisotopic (exact) mass is 441 g/mol. The predicted octanol–water partition coefficient (Wildman–Crippen LogP) is 4.51. The topological polar surface area (TPSA) is 71.3 Å². The molecule has 1 saturated heterocycles. The largest absolute Gasteiger partial charge is 0.497 e. The van der Waals surface area contributed by atoms with Gasteiger partial charge in [0.25, 0.3) is 5.69 Å². The number of nitrogens with zero attached hydrogens (tertiary/aromatic N) is 4. The smallest absolute Gasteiger partial charge is 0.292 e. The normalized spacial score (nSPS) is 14.5. The van der Waals surface area contributed by atoms with Gasteiger partial charge in [0.05, 0.1) is 19.1 Å². The van der Waals surface area contributed by atoms with E-state index in [2.05, 4.69) is 35.5 Å². The molecule has 0 saturated carbocycles. The van der Waals surface area contributed by atoms with Crippen LogP contribution in [0.4, 0.5) is 22.7 Å². The first-order chi connectivity index (χ1) is 15.4. The van der Waals surface area contributed by atoms with Crippen molar-refractivity contribution in [2.24, 2.45) is 0 Å². The molecule has 173 valence electrons. The fourth-order valence-electron chi connectivity index (χ4n) is 4.14. The summed E-state index contributed by atoms with van der Waals surface area (Å²) >= 11 is 0. The molecule has 1 heterocycles. The Morgan fingerprint density at radius 3 is 2.12 bits per heavy atom. The summed E-state index contributed by atoms with van der Waals surface area (Å²) in [5.41, 5.74) is 2.60. The van der Waals surface area contributed by atoms with E-state index in [0.29, 0.717) is 23.7 Å². The first-order valence-corrected chi connectivity index (χ1v) is 10.9. The van der Waals surface area contributed by atoms with Crippen molar-refractivity contribution in [1.82, 2.24) is 4.90 Å². The molecule has 3 rings (SSSR count). The van der Waals surface area contributed by atoms with E-state index < -0.39 is 0 Å². The maximum absolute atomic E-state index is 11.8. The van der Waals surface area contributed by atoms with E-state index in [0.717, 1.165) is 44.1 Å². The van der Waals surface area contributed by atoms with Crippen molar-refractivity contribution >= 4 is 22.7 Å². The number of nitro groups is 1. The minimum Gasteiger partial charge on any atom is -0.497 e. The van der Waals surface area contributed by atoms with Gasteiger partial charge in [-0.05, 0) is 25.0 Å². The zero-order chi connectivity index (χ0) is 23.3. The average molecular weight is 442 g/mol. The Labute approximate surface area is 190 Å². The highest BCUT2D eigenvalue weighted by atomic mass is 16.6. The number of rotatable bonds is 9. The summed E-state index contributed by atoms with van der Waals surface area (Å²) < 4.78 is 10.8. The maximum Gasteiger partial charge on any atom is 0.292 e. The summed E-state index contributed by atoms with van der Waals surface area (Å²) in [6.45, 7) is 11.3. The molecule has 1 radical (unpaired) electrons. The Hall–Kier alpha value is -3.00. The summed E-state index contributed by atoms with van der Waals surface area (Å²) in [6.07, 6.45) is 0. The van der Waals surface area contributed by atoms with Gasteiger partial charge in [0, 0.05) is 74.9 Å². The number of anilines is 3. The molecule has 2 aromatic rings. The van der Waals surface area contributed by atoms with Crippen LogP contribution >= 0.6 is 0 Å². The second kappa shape index (κ2) is 10.5. The molecule has 2 aromatic carbocycles. The lowest BCUT2D eigenvalue weighted by Crippen LogP contribution is -2.47. The molecular weight excluding hydrogens is 408 g/mol. The lowest BCUT2D eigenvalue weighted by atomic mass is 10.1. The number of piperazine rings is 1. The van der Waals surface area contributed by atoms with Crippen LogP contribution in [0.25, 0.3) is 0 Å². The molecule has 8 heteroatoms. The molecule has 0 amide bonds. The van der Waals surface area contributed by atoms with Crippen LogP contribution in [-0.4, -0.2) is 63.3 Å². The van der Waals surface area contributed by atoms with Crippen molar-refractivity contribution in [2.45, 2.75) is 20.8 Å². The zero-order valence-corrected chi connectivity index (χ0v) is 19.6. The lowest BCUT2D eigenvalue weighted by Gasteiger charge is -2.37. The molecule has 0 spiro atoms. The van der Waals surface area contributed by atoms with Gasteiger partial charge in [-0.1, -0.05) is 13.8 Å². The number of methoxy groups -OCH3 is 2. The van der Waals surface area contributed by atoms with Gasteiger partial charge in [0.15, 0.2) is 0 Å². The van der Waals surface area contributed by atoms with E-state index >= 15 is 0 Å². The highest BCUT2D eigenvalue weighted by Gasteiger charge is 2.25. The maximum atomic E-state index is 11.8. The molecular formula is C24H33N4O4. The molecule has 1 aliphatic rings. The van der Waals surface area contributed by atoms with Crippen LogP contribution in [0.3, 0.4) is 0 Å². The summed E-state index contributed by atoms with van der Waals surface area (Å²) in [7, 11) is 3.24. The molecule has 0 unspecified atom stereocenters. The lowest BCUT2D eigenvalue weighted by molar-refractivity contribution is -0.384. The predicted molar refractivity (Wildman–Crippen MR) is 129 cm³/mol.